The first-order valence-electron chi connectivity index (χ1n) is 6.14. The van der Waals surface area contributed by atoms with E-state index in [0.717, 1.165) is 16.9 Å². The predicted octanol–water partition coefficient (Wildman–Crippen LogP) is 3.31. The topological polar surface area (TPSA) is 57.0 Å². The average Bonchev–Trinajstić information content (AvgIpc) is 2.77. The summed E-state index contributed by atoms with van der Waals surface area (Å²) in [5.74, 6) is 0. The Hall–Kier alpha value is -2.68. The summed E-state index contributed by atoms with van der Waals surface area (Å²) in [6.45, 7) is 0. The number of nitrogen functional groups attached to an aromatic ring is 2. The average molecular weight is 249 g/mol. The van der Waals surface area contributed by atoms with Gasteiger partial charge in [-0.15, -0.1) is 0 Å². The minimum absolute atomic E-state index is 0.600. The van der Waals surface area contributed by atoms with Crippen molar-refractivity contribution in [2.24, 2.45) is 0 Å². The van der Waals surface area contributed by atoms with Crippen LogP contribution in [0.1, 0.15) is 0 Å². The molecule has 0 aliphatic heterocycles. The molecule has 0 aliphatic rings. The Balaban J connectivity index is 2.25. The molecule has 0 aliphatic carbocycles. The summed E-state index contributed by atoms with van der Waals surface area (Å²) < 4.78 is 2.03. The van der Waals surface area contributed by atoms with E-state index in [9.17, 15) is 0 Å². The third-order valence-electron chi connectivity index (χ3n) is 3.16. The van der Waals surface area contributed by atoms with Crippen molar-refractivity contribution in [2.75, 3.05) is 11.5 Å². The molecule has 19 heavy (non-hydrogen) atoms. The number of nitrogens with two attached hydrogens (primary N) is 2. The van der Waals surface area contributed by atoms with Gasteiger partial charge < -0.3 is 16.0 Å². The molecule has 1 aromatic heterocycles. The first-order chi connectivity index (χ1) is 9.27. The zero-order valence-corrected chi connectivity index (χ0v) is 10.5. The van der Waals surface area contributed by atoms with Crippen LogP contribution in [0.4, 0.5) is 11.4 Å². The lowest BCUT2D eigenvalue weighted by Gasteiger charge is -2.10. The van der Waals surface area contributed by atoms with Gasteiger partial charge in [0, 0.05) is 17.4 Å². The number of para-hydroxylation sites is 1. The van der Waals surface area contributed by atoms with Crippen molar-refractivity contribution < 1.29 is 0 Å². The Morgan fingerprint density at radius 2 is 1.32 bits per heavy atom. The van der Waals surface area contributed by atoms with Crippen molar-refractivity contribution in [2.45, 2.75) is 0 Å². The lowest BCUT2D eigenvalue weighted by molar-refractivity contribution is 1.09. The summed E-state index contributed by atoms with van der Waals surface area (Å²) in [5, 5.41) is 0. The molecule has 0 saturated carbocycles. The number of anilines is 2. The van der Waals surface area contributed by atoms with Gasteiger partial charge in [-0.1, -0.05) is 48.5 Å². The normalized spacial score (nSPS) is 10.5. The molecule has 3 aromatic rings. The highest BCUT2D eigenvalue weighted by Crippen LogP contribution is 2.34. The fourth-order valence-electron chi connectivity index (χ4n) is 2.22. The van der Waals surface area contributed by atoms with Gasteiger partial charge in [-0.3, -0.25) is 0 Å². The van der Waals surface area contributed by atoms with E-state index in [-0.39, 0.29) is 0 Å². The van der Waals surface area contributed by atoms with Crippen LogP contribution < -0.4 is 11.5 Å². The van der Waals surface area contributed by atoms with Gasteiger partial charge in [-0.25, -0.2) is 0 Å². The Bertz CT molecular complexity index is 685. The van der Waals surface area contributed by atoms with E-state index >= 15 is 0 Å². The maximum absolute atomic E-state index is 6.13. The highest BCUT2D eigenvalue weighted by atomic mass is 15.0. The van der Waals surface area contributed by atoms with E-state index in [4.69, 9.17) is 11.5 Å². The minimum atomic E-state index is 0.600. The van der Waals surface area contributed by atoms with Crippen LogP contribution in [0.25, 0.3) is 16.9 Å². The number of aromatic nitrogens is 1. The fraction of sp³-hybridized carbons (Fsp3) is 0. The minimum Gasteiger partial charge on any atom is -0.396 e. The molecule has 4 N–H and O–H groups in total. The van der Waals surface area contributed by atoms with E-state index in [0.29, 0.717) is 11.4 Å². The Kier molecular flexibility index (Phi) is 2.72. The first kappa shape index (κ1) is 11.4. The monoisotopic (exact) mass is 249 g/mol. The van der Waals surface area contributed by atoms with Gasteiger partial charge in [0.2, 0.25) is 0 Å². The summed E-state index contributed by atoms with van der Waals surface area (Å²) in [6.07, 6.45) is 1.87. The summed E-state index contributed by atoms with van der Waals surface area (Å²) in [5.41, 5.74) is 16.4. The van der Waals surface area contributed by atoms with E-state index in [1.54, 1.807) is 0 Å². The maximum Gasteiger partial charge on any atom is 0.0814 e. The highest BCUT2D eigenvalue weighted by molar-refractivity contribution is 5.84. The van der Waals surface area contributed by atoms with E-state index in [1.807, 2.05) is 71.4 Å². The summed E-state index contributed by atoms with van der Waals surface area (Å²) in [7, 11) is 0. The second kappa shape index (κ2) is 4.53. The van der Waals surface area contributed by atoms with Crippen LogP contribution in [0.5, 0.6) is 0 Å². The lowest BCUT2D eigenvalue weighted by atomic mass is 10.1. The molecule has 94 valence electrons. The molecule has 0 amide bonds. The van der Waals surface area contributed by atoms with Crippen LogP contribution in [-0.2, 0) is 0 Å². The maximum atomic E-state index is 6.13. The quantitative estimate of drug-likeness (QED) is 0.732. The van der Waals surface area contributed by atoms with E-state index in [1.165, 1.54) is 0 Å². The van der Waals surface area contributed by atoms with Crippen molar-refractivity contribution in [1.82, 2.24) is 4.57 Å². The number of benzene rings is 2. The largest absolute Gasteiger partial charge is 0.396 e. The van der Waals surface area contributed by atoms with Crippen molar-refractivity contribution in [1.29, 1.82) is 0 Å². The fourth-order valence-corrected chi connectivity index (χ4v) is 2.22. The van der Waals surface area contributed by atoms with Crippen LogP contribution in [0.3, 0.4) is 0 Å². The Morgan fingerprint density at radius 1 is 0.737 bits per heavy atom. The summed E-state index contributed by atoms with van der Waals surface area (Å²) in [4.78, 5) is 0. The van der Waals surface area contributed by atoms with Crippen molar-refractivity contribution in [3.05, 3.63) is 66.9 Å². The molecular weight excluding hydrogens is 234 g/mol. The molecule has 0 bridgehead atoms. The van der Waals surface area contributed by atoms with Gasteiger partial charge in [0.05, 0.1) is 17.1 Å². The van der Waals surface area contributed by atoms with E-state index < -0.39 is 0 Å². The molecule has 3 rings (SSSR count). The van der Waals surface area contributed by atoms with Crippen LogP contribution >= 0.6 is 0 Å². The van der Waals surface area contributed by atoms with Gasteiger partial charge in [-0.05, 0) is 12.1 Å². The SMILES string of the molecule is Nc1cn(-c2ccccc2)c(-c2ccccc2)c1N. The number of hydrogen-bond acceptors (Lipinski definition) is 2. The van der Waals surface area contributed by atoms with Gasteiger partial charge in [0.25, 0.3) is 0 Å². The van der Waals surface area contributed by atoms with Crippen molar-refractivity contribution in [3.8, 4) is 16.9 Å². The molecule has 0 unspecified atom stereocenters. The standard InChI is InChI=1S/C16H15N3/c17-14-11-19(13-9-5-2-6-10-13)16(15(14)18)12-7-3-1-4-8-12/h1-11H,17-18H2. The molecule has 0 saturated heterocycles. The number of nitrogens with zero attached hydrogens (tertiary/aromatic N) is 1. The second-order valence-corrected chi connectivity index (χ2v) is 4.42. The molecule has 3 heteroatoms. The van der Waals surface area contributed by atoms with Crippen LogP contribution in [-0.4, -0.2) is 4.57 Å². The van der Waals surface area contributed by atoms with Crippen LogP contribution in [0.15, 0.2) is 66.9 Å². The predicted molar refractivity (Wildman–Crippen MR) is 80.0 cm³/mol. The molecule has 3 nitrogen and oxygen atoms in total. The Morgan fingerprint density at radius 3 is 1.95 bits per heavy atom. The zero-order valence-electron chi connectivity index (χ0n) is 10.5. The number of rotatable bonds is 2. The van der Waals surface area contributed by atoms with Crippen LogP contribution in [0, 0.1) is 0 Å². The van der Waals surface area contributed by atoms with Gasteiger partial charge in [0.1, 0.15) is 0 Å². The highest BCUT2D eigenvalue weighted by Gasteiger charge is 2.13. The van der Waals surface area contributed by atoms with Crippen molar-refractivity contribution >= 4 is 11.4 Å². The van der Waals surface area contributed by atoms with Crippen LogP contribution in [0.2, 0.25) is 0 Å². The zero-order chi connectivity index (χ0) is 13.2. The molecule has 0 spiro atoms. The third-order valence-corrected chi connectivity index (χ3v) is 3.16. The van der Waals surface area contributed by atoms with Gasteiger partial charge >= 0.3 is 0 Å². The summed E-state index contributed by atoms with van der Waals surface area (Å²) in [6, 6.07) is 20.1. The molecular formula is C16H15N3. The second-order valence-electron chi connectivity index (χ2n) is 4.42. The van der Waals surface area contributed by atoms with E-state index in [2.05, 4.69) is 0 Å². The molecule has 0 atom stereocenters. The molecule has 0 radical (unpaired) electrons. The molecule has 2 aromatic carbocycles. The van der Waals surface area contributed by atoms with Crippen molar-refractivity contribution in [3.63, 3.8) is 0 Å². The lowest BCUT2D eigenvalue weighted by Crippen LogP contribution is -1.97. The Labute approximate surface area is 112 Å². The van der Waals surface area contributed by atoms with Gasteiger partial charge in [0.15, 0.2) is 0 Å². The third kappa shape index (κ3) is 1.95. The first-order valence-corrected chi connectivity index (χ1v) is 6.14. The molecule has 1 heterocycles. The smallest absolute Gasteiger partial charge is 0.0814 e. The number of hydrogen-bond donors (Lipinski definition) is 2. The molecule has 0 fully saturated rings. The van der Waals surface area contributed by atoms with Gasteiger partial charge in [-0.2, -0.15) is 0 Å². The summed E-state index contributed by atoms with van der Waals surface area (Å²) >= 11 is 0.